The van der Waals surface area contributed by atoms with Crippen molar-refractivity contribution < 1.29 is 13.2 Å². The van der Waals surface area contributed by atoms with Crippen molar-refractivity contribution in [3.63, 3.8) is 0 Å². The molecule has 2 nitrogen and oxygen atoms in total. The molecule has 0 N–H and O–H groups in total. The Kier molecular flexibility index (Phi) is 9.28. The van der Waals surface area contributed by atoms with E-state index in [-0.39, 0.29) is 33.8 Å². The van der Waals surface area contributed by atoms with Gasteiger partial charge in [0, 0.05) is 33.0 Å². The van der Waals surface area contributed by atoms with E-state index < -0.39 is 11.7 Å². The van der Waals surface area contributed by atoms with E-state index in [1.165, 1.54) is 34.4 Å². The number of hydrogen-bond acceptors (Lipinski definition) is 3. The van der Waals surface area contributed by atoms with E-state index in [4.69, 9.17) is 0 Å². The van der Waals surface area contributed by atoms with Crippen molar-refractivity contribution in [2.24, 2.45) is 0 Å². The van der Waals surface area contributed by atoms with Crippen LogP contribution in [0.2, 0.25) is 0 Å². The van der Waals surface area contributed by atoms with Gasteiger partial charge in [0.1, 0.15) is 0 Å². The van der Waals surface area contributed by atoms with Gasteiger partial charge in [-0.1, -0.05) is 149 Å². The molecule has 0 atom stereocenters. The van der Waals surface area contributed by atoms with Crippen LogP contribution in [0.1, 0.15) is 135 Å². The summed E-state index contributed by atoms with van der Waals surface area (Å²) in [5.74, 6) is 0. The Bertz CT molecular complexity index is 3150. The van der Waals surface area contributed by atoms with Gasteiger partial charge >= 0.3 is 6.18 Å². The Morgan fingerprint density at radius 1 is 0.545 bits per heavy atom. The van der Waals surface area contributed by atoms with Crippen LogP contribution in [-0.4, -0.2) is 6.71 Å². The number of anilines is 6. The number of rotatable bonds is 3. The van der Waals surface area contributed by atoms with Gasteiger partial charge in [-0.3, -0.25) is 0 Å². The molecule has 6 aromatic carbocycles. The van der Waals surface area contributed by atoms with E-state index in [0.29, 0.717) is 11.4 Å². The van der Waals surface area contributed by atoms with Crippen LogP contribution >= 0.6 is 11.3 Å². The second-order valence-corrected chi connectivity index (χ2v) is 24.4. The first kappa shape index (κ1) is 43.3. The van der Waals surface area contributed by atoms with Gasteiger partial charge in [-0.05, 0) is 150 Å². The number of halogens is 3. The highest BCUT2D eigenvalue weighted by atomic mass is 32.1. The molecule has 4 aliphatic rings. The Labute approximate surface area is 394 Å². The van der Waals surface area contributed by atoms with Crippen LogP contribution in [0.15, 0.2) is 115 Å². The maximum Gasteiger partial charge on any atom is 0.416 e. The Morgan fingerprint density at radius 2 is 1.15 bits per heavy atom. The lowest BCUT2D eigenvalue weighted by atomic mass is 9.33. The Morgan fingerprint density at radius 3 is 1.83 bits per heavy atom. The van der Waals surface area contributed by atoms with Crippen molar-refractivity contribution in [2.45, 2.75) is 135 Å². The molecule has 11 rings (SSSR count). The molecule has 7 heteroatoms. The summed E-state index contributed by atoms with van der Waals surface area (Å²) in [5, 5.41) is 2.11. The molecule has 0 bridgehead atoms. The monoisotopic (exact) mass is 896 g/mol. The van der Waals surface area contributed by atoms with E-state index in [1.54, 1.807) is 11.3 Å². The van der Waals surface area contributed by atoms with E-state index in [9.17, 15) is 0 Å². The van der Waals surface area contributed by atoms with Gasteiger partial charge in [-0.15, -0.1) is 11.3 Å². The maximum absolute atomic E-state index is 16.0. The summed E-state index contributed by atoms with van der Waals surface area (Å²) in [4.78, 5) is 4.49. The van der Waals surface area contributed by atoms with Crippen LogP contribution < -0.4 is 26.2 Å². The van der Waals surface area contributed by atoms with Gasteiger partial charge < -0.3 is 9.80 Å². The minimum atomic E-state index is -4.61. The van der Waals surface area contributed by atoms with Crippen LogP contribution in [0.3, 0.4) is 0 Å². The van der Waals surface area contributed by atoms with E-state index in [2.05, 4.69) is 171 Å². The Balaban J connectivity index is 1.31. The van der Waals surface area contributed by atoms with Crippen molar-refractivity contribution >= 4 is 78.0 Å². The first-order valence-corrected chi connectivity index (χ1v) is 24.7. The van der Waals surface area contributed by atoms with Crippen molar-refractivity contribution in [1.29, 1.82) is 0 Å². The molecule has 0 unspecified atom stereocenters. The number of thiophene rings is 1. The molecule has 0 spiro atoms. The summed E-state index contributed by atoms with van der Waals surface area (Å²) in [6, 6.07) is 40.1. The fourth-order valence-corrected chi connectivity index (χ4v) is 13.4. The average molecular weight is 897 g/mol. The van der Waals surface area contributed by atoms with Crippen molar-refractivity contribution in [3.05, 3.63) is 149 Å². The lowest BCUT2D eigenvalue weighted by molar-refractivity contribution is -0.137. The van der Waals surface area contributed by atoms with Gasteiger partial charge in [-0.25, -0.2) is 0 Å². The van der Waals surface area contributed by atoms with E-state index in [1.807, 2.05) is 18.2 Å². The van der Waals surface area contributed by atoms with E-state index >= 15 is 13.2 Å². The zero-order valence-electron chi connectivity index (χ0n) is 40.3. The predicted octanol–water partition coefficient (Wildman–Crippen LogP) is 15.7. The van der Waals surface area contributed by atoms with Gasteiger partial charge in [0.25, 0.3) is 6.71 Å². The highest BCUT2D eigenvalue weighted by Gasteiger charge is 2.51. The number of hydrogen-bond donors (Lipinski definition) is 0. The fraction of sp³-hybridized carbons (Fsp3) is 0.356. The van der Waals surface area contributed by atoms with Gasteiger partial charge in [-0.2, -0.15) is 13.2 Å². The third-order valence-corrected chi connectivity index (χ3v) is 17.3. The molecule has 0 saturated carbocycles. The third-order valence-electron chi connectivity index (χ3n) is 16.1. The van der Waals surface area contributed by atoms with Crippen LogP contribution in [0, 0.1) is 0 Å². The molecular formula is C59H60BF3N2S. The molecule has 2 aliphatic carbocycles. The summed E-state index contributed by atoms with van der Waals surface area (Å²) in [7, 11) is 0. The SMILES string of the molecule is CC(C)(C)c1ccc(N2c3cc(C(F)(F)F)cc4c3B(c3ccc5c(c3N4c3ccc4c(c3)C(C)(C)CCC4(C)C)C(C)(C)CCC5(C)C)c3c2sc2ccccc32)c(-c2ccccc2)c1. The summed E-state index contributed by atoms with van der Waals surface area (Å²) in [6.07, 6.45) is -0.501. The quantitative estimate of drug-likeness (QED) is 0.163. The molecule has 0 radical (unpaired) electrons. The standard InChI is InChI=1S/C59H60BF3N2S/c1-54(2,3)36-21-26-45(40(31-36)35-17-13-12-14-18-35)65-47-33-37(59(61,62)63)32-46-51(47)60(50-39-19-15-16-20-48(39)66-53(50)65)44-25-24-42-49(58(10,11)30-29-56(42,6)7)52(44)64(46)38-22-23-41-43(34-38)57(8,9)28-27-55(41,4)5/h12-26,31-34H,27-30H2,1-11H3. The zero-order valence-corrected chi connectivity index (χ0v) is 41.1. The largest absolute Gasteiger partial charge is 0.416 e. The summed E-state index contributed by atoms with van der Waals surface area (Å²) in [5.41, 5.74) is 14.3. The molecule has 3 heterocycles. The average Bonchev–Trinajstić information content (AvgIpc) is 3.65. The van der Waals surface area contributed by atoms with Crippen LogP contribution in [-0.2, 0) is 33.3 Å². The lowest BCUT2D eigenvalue weighted by Crippen LogP contribution is -2.62. The first-order valence-electron chi connectivity index (χ1n) is 23.9. The number of benzene rings is 6. The number of alkyl halides is 3. The minimum absolute atomic E-state index is 0.0231. The first-order chi connectivity index (χ1) is 31.0. The molecule has 1 aromatic heterocycles. The fourth-order valence-electron chi connectivity index (χ4n) is 12.1. The van der Waals surface area contributed by atoms with Gasteiger partial charge in [0.05, 0.1) is 16.3 Å². The molecule has 2 aliphatic heterocycles. The van der Waals surface area contributed by atoms with Crippen LogP contribution in [0.5, 0.6) is 0 Å². The van der Waals surface area contributed by atoms with Crippen molar-refractivity contribution in [2.75, 3.05) is 9.80 Å². The lowest BCUT2D eigenvalue weighted by Gasteiger charge is -2.49. The third kappa shape index (κ3) is 6.41. The van der Waals surface area contributed by atoms with Crippen molar-refractivity contribution in [1.82, 2.24) is 0 Å². The molecule has 0 saturated heterocycles. The van der Waals surface area contributed by atoms with Crippen LogP contribution in [0.4, 0.5) is 46.6 Å². The topological polar surface area (TPSA) is 6.48 Å². The number of fused-ring (bicyclic) bond motifs is 9. The maximum atomic E-state index is 16.0. The Hall–Kier alpha value is -5.27. The predicted molar refractivity (Wildman–Crippen MR) is 276 cm³/mol. The second-order valence-electron chi connectivity index (χ2n) is 23.4. The minimum Gasteiger partial charge on any atom is -0.311 e. The molecule has 7 aromatic rings. The summed E-state index contributed by atoms with van der Waals surface area (Å²) >= 11 is 1.69. The molecule has 0 fully saturated rings. The van der Waals surface area contributed by atoms with Crippen molar-refractivity contribution in [3.8, 4) is 11.1 Å². The second kappa shape index (κ2) is 14.1. The zero-order chi connectivity index (χ0) is 46.7. The number of nitrogens with zero attached hydrogens (tertiary/aromatic N) is 2. The molecule has 0 amide bonds. The normalized spacial score (nSPS) is 18.6. The highest BCUT2D eigenvalue weighted by molar-refractivity contribution is 7.26. The smallest absolute Gasteiger partial charge is 0.311 e. The summed E-state index contributed by atoms with van der Waals surface area (Å²) < 4.78 is 49.2. The van der Waals surface area contributed by atoms with Crippen LogP contribution in [0.25, 0.3) is 21.2 Å². The highest BCUT2D eigenvalue weighted by Crippen LogP contribution is 2.57. The summed E-state index contributed by atoms with van der Waals surface area (Å²) in [6.45, 7) is 25.1. The molecular weight excluding hydrogens is 837 g/mol. The molecule has 336 valence electrons. The van der Waals surface area contributed by atoms with Gasteiger partial charge in [0.15, 0.2) is 0 Å². The van der Waals surface area contributed by atoms with Gasteiger partial charge in [0.2, 0.25) is 0 Å². The van der Waals surface area contributed by atoms with E-state index in [0.717, 1.165) is 90.9 Å². The molecule has 66 heavy (non-hydrogen) atoms.